The van der Waals surface area contributed by atoms with E-state index in [9.17, 15) is 14.9 Å². The summed E-state index contributed by atoms with van der Waals surface area (Å²) in [6.45, 7) is 8.58. The average Bonchev–Trinajstić information content (AvgIpc) is 3.06. The maximum Gasteiger partial charge on any atom is 0.348 e. The number of anilines is 1. The molecule has 7 nitrogen and oxygen atoms in total. The summed E-state index contributed by atoms with van der Waals surface area (Å²) < 4.78 is 6.69. The molecule has 0 fully saturated rings. The normalized spacial score (nSPS) is 11.9. The molecule has 0 saturated heterocycles. The molecule has 1 N–H and O–H groups in total. The van der Waals surface area contributed by atoms with E-state index in [1.54, 1.807) is 34.6 Å². The molecule has 0 bridgehead atoms. The van der Waals surface area contributed by atoms with Crippen molar-refractivity contribution in [3.05, 3.63) is 32.9 Å². The molecule has 1 unspecified atom stereocenters. The molecule has 1 atom stereocenters. The predicted molar refractivity (Wildman–Crippen MR) is 99.6 cm³/mol. The zero-order valence-electron chi connectivity index (χ0n) is 15.1. The number of halogens is 1. The van der Waals surface area contributed by atoms with Crippen molar-refractivity contribution in [3.63, 3.8) is 0 Å². The Balaban J connectivity index is 2.29. The molecule has 2 aromatic heterocycles. The van der Waals surface area contributed by atoms with Gasteiger partial charge in [0.15, 0.2) is 0 Å². The number of carbonyl (C=O) groups excluding carboxylic acids is 2. The maximum atomic E-state index is 12.6. The van der Waals surface area contributed by atoms with Crippen molar-refractivity contribution in [2.75, 3.05) is 5.32 Å². The average molecular weight is 395 g/mol. The molecule has 0 aliphatic rings. The predicted octanol–water partition coefficient (Wildman–Crippen LogP) is 3.85. The number of rotatable bonds is 5. The molecule has 138 valence electrons. The second-order valence-electron chi connectivity index (χ2n) is 6.01. The number of amides is 1. The molecule has 2 rings (SSSR count). The highest BCUT2D eigenvalue weighted by Gasteiger charge is 2.25. The van der Waals surface area contributed by atoms with Gasteiger partial charge in [0.1, 0.15) is 22.0 Å². The summed E-state index contributed by atoms with van der Waals surface area (Å²) in [5.74, 6) is -0.878. The number of hydrogen-bond donors (Lipinski definition) is 1. The molecule has 9 heteroatoms. The highest BCUT2D eigenvalue weighted by atomic mass is 35.5. The van der Waals surface area contributed by atoms with Gasteiger partial charge >= 0.3 is 5.97 Å². The molecule has 1 amide bonds. The van der Waals surface area contributed by atoms with Crippen LogP contribution in [0, 0.1) is 25.2 Å². The summed E-state index contributed by atoms with van der Waals surface area (Å²) in [7, 11) is 0. The highest BCUT2D eigenvalue weighted by Crippen LogP contribution is 2.34. The van der Waals surface area contributed by atoms with Gasteiger partial charge in [-0.15, -0.1) is 11.3 Å². The third kappa shape index (κ3) is 3.89. The summed E-state index contributed by atoms with van der Waals surface area (Å²) in [6, 6.07) is 1.40. The van der Waals surface area contributed by atoms with E-state index >= 15 is 0 Å². The molecule has 0 aliphatic heterocycles. The van der Waals surface area contributed by atoms with Crippen LogP contribution in [0.4, 0.5) is 5.00 Å². The maximum absolute atomic E-state index is 12.6. The first kappa shape index (κ1) is 19.9. The van der Waals surface area contributed by atoms with Crippen molar-refractivity contribution in [3.8, 4) is 6.07 Å². The molecule has 2 heterocycles. The van der Waals surface area contributed by atoms with Gasteiger partial charge in [0.05, 0.1) is 28.6 Å². The Morgan fingerprint density at radius 3 is 2.54 bits per heavy atom. The van der Waals surface area contributed by atoms with Crippen molar-refractivity contribution >= 4 is 39.8 Å². The Labute approximate surface area is 160 Å². The van der Waals surface area contributed by atoms with Crippen LogP contribution in [0.2, 0.25) is 5.02 Å². The number of hydrogen-bond acceptors (Lipinski definition) is 6. The van der Waals surface area contributed by atoms with Crippen molar-refractivity contribution in [2.24, 2.45) is 0 Å². The highest BCUT2D eigenvalue weighted by molar-refractivity contribution is 7.18. The fraction of sp³-hybridized carbons (Fsp3) is 0.412. The van der Waals surface area contributed by atoms with Crippen LogP contribution < -0.4 is 5.32 Å². The van der Waals surface area contributed by atoms with E-state index in [2.05, 4.69) is 10.4 Å². The van der Waals surface area contributed by atoms with E-state index < -0.39 is 12.0 Å². The van der Waals surface area contributed by atoms with Crippen LogP contribution in [0.1, 0.15) is 53.3 Å². The Hall–Kier alpha value is -2.37. The summed E-state index contributed by atoms with van der Waals surface area (Å²) in [4.78, 5) is 25.1. The molecule has 26 heavy (non-hydrogen) atoms. The lowest BCUT2D eigenvalue weighted by Crippen LogP contribution is -2.25. The van der Waals surface area contributed by atoms with Gasteiger partial charge in [-0.25, -0.2) is 4.79 Å². The fourth-order valence-electron chi connectivity index (χ4n) is 2.32. The van der Waals surface area contributed by atoms with Gasteiger partial charge in [-0.2, -0.15) is 10.4 Å². The largest absolute Gasteiger partial charge is 0.459 e. The molecule has 0 aliphatic carbocycles. The number of thiophene rings is 1. The SMILES string of the molecule is Cc1c(C(=O)OC(C)C)sc(NC(=O)C(C)n2ncc(Cl)c2C)c1C#N. The van der Waals surface area contributed by atoms with Crippen LogP contribution in [0.15, 0.2) is 6.20 Å². The quantitative estimate of drug-likeness (QED) is 0.776. The molecular weight excluding hydrogens is 376 g/mol. The first-order chi connectivity index (χ1) is 12.2. The second kappa shape index (κ2) is 7.89. The summed E-state index contributed by atoms with van der Waals surface area (Å²) in [5.41, 5.74) is 1.41. The summed E-state index contributed by atoms with van der Waals surface area (Å²) in [6.07, 6.45) is 1.19. The molecule has 2 aromatic rings. The summed E-state index contributed by atoms with van der Waals surface area (Å²) >= 11 is 7.01. The van der Waals surface area contributed by atoms with E-state index in [-0.39, 0.29) is 17.6 Å². The van der Waals surface area contributed by atoms with Crippen molar-refractivity contribution in [2.45, 2.75) is 46.8 Å². The second-order valence-corrected chi connectivity index (χ2v) is 7.44. The Morgan fingerprint density at radius 2 is 2.04 bits per heavy atom. The first-order valence-corrected chi connectivity index (χ1v) is 9.11. The molecule has 0 spiro atoms. The van der Waals surface area contributed by atoms with E-state index in [0.717, 1.165) is 11.3 Å². The Bertz CT molecular complexity index is 895. The third-order valence-electron chi connectivity index (χ3n) is 3.75. The van der Waals surface area contributed by atoms with E-state index in [1.165, 1.54) is 10.9 Å². The number of esters is 1. The van der Waals surface area contributed by atoms with Crippen molar-refractivity contribution < 1.29 is 14.3 Å². The molecular formula is C17H19ClN4O3S. The lowest BCUT2D eigenvalue weighted by Gasteiger charge is -2.14. The minimum atomic E-state index is -0.637. The van der Waals surface area contributed by atoms with Gasteiger partial charge < -0.3 is 10.1 Å². The standard InChI is InChI=1S/C17H19ClN4O3S/c1-8(2)25-17(24)14-9(3)12(6-19)16(26-14)21-15(23)11(5)22-10(4)13(18)7-20-22/h7-8,11H,1-5H3,(H,21,23). The Morgan fingerprint density at radius 1 is 1.38 bits per heavy atom. The van der Waals surface area contributed by atoms with E-state index in [4.69, 9.17) is 16.3 Å². The third-order valence-corrected chi connectivity index (χ3v) is 5.31. The number of nitriles is 1. The van der Waals surface area contributed by atoms with Crippen LogP contribution in [0.25, 0.3) is 0 Å². The molecule has 0 aromatic carbocycles. The zero-order chi connectivity index (χ0) is 19.6. The van der Waals surface area contributed by atoms with Gasteiger partial charge in [0.2, 0.25) is 5.91 Å². The molecule has 0 saturated carbocycles. The summed E-state index contributed by atoms with van der Waals surface area (Å²) in [5, 5.41) is 17.0. The van der Waals surface area contributed by atoms with Crippen LogP contribution in [-0.4, -0.2) is 27.8 Å². The number of nitrogens with one attached hydrogen (secondary N) is 1. The van der Waals surface area contributed by atoms with Crippen LogP contribution in [0.5, 0.6) is 0 Å². The van der Waals surface area contributed by atoms with Gasteiger partial charge in [-0.1, -0.05) is 11.6 Å². The minimum Gasteiger partial charge on any atom is -0.459 e. The fourth-order valence-corrected chi connectivity index (χ4v) is 3.49. The smallest absolute Gasteiger partial charge is 0.348 e. The van der Waals surface area contributed by atoms with Crippen molar-refractivity contribution in [1.29, 1.82) is 5.26 Å². The number of aromatic nitrogens is 2. The van der Waals surface area contributed by atoms with Gasteiger partial charge in [0, 0.05) is 0 Å². The lowest BCUT2D eigenvalue weighted by atomic mass is 10.1. The number of carbonyl (C=O) groups is 2. The van der Waals surface area contributed by atoms with E-state index in [1.807, 2.05) is 6.07 Å². The number of ether oxygens (including phenoxy) is 1. The van der Waals surface area contributed by atoms with Crippen LogP contribution in [-0.2, 0) is 9.53 Å². The van der Waals surface area contributed by atoms with Gasteiger partial charge in [-0.3, -0.25) is 9.48 Å². The zero-order valence-corrected chi connectivity index (χ0v) is 16.7. The topological polar surface area (TPSA) is 97.0 Å². The van der Waals surface area contributed by atoms with Gasteiger partial charge in [0.25, 0.3) is 0 Å². The van der Waals surface area contributed by atoms with Gasteiger partial charge in [-0.05, 0) is 40.2 Å². The Kier molecular flexibility index (Phi) is 6.05. The monoisotopic (exact) mass is 394 g/mol. The molecule has 0 radical (unpaired) electrons. The first-order valence-electron chi connectivity index (χ1n) is 7.92. The minimum absolute atomic E-state index is 0.251. The van der Waals surface area contributed by atoms with E-state index in [0.29, 0.717) is 26.2 Å². The number of nitrogens with zero attached hydrogens (tertiary/aromatic N) is 3. The lowest BCUT2D eigenvalue weighted by molar-refractivity contribution is -0.119. The van der Waals surface area contributed by atoms with Crippen LogP contribution >= 0.6 is 22.9 Å². The van der Waals surface area contributed by atoms with Crippen molar-refractivity contribution in [1.82, 2.24) is 9.78 Å². The van der Waals surface area contributed by atoms with Crippen LogP contribution in [0.3, 0.4) is 0 Å².